The van der Waals surface area contributed by atoms with Crippen molar-refractivity contribution in [3.05, 3.63) is 65.9 Å². The van der Waals surface area contributed by atoms with Crippen LogP contribution >= 0.6 is 0 Å². The van der Waals surface area contributed by atoms with E-state index in [1.165, 1.54) is 10.9 Å². The van der Waals surface area contributed by atoms with E-state index in [2.05, 4.69) is 35.8 Å². The van der Waals surface area contributed by atoms with Gasteiger partial charge in [0, 0.05) is 5.56 Å². The predicted molar refractivity (Wildman–Crippen MR) is 116 cm³/mol. The lowest BCUT2D eigenvalue weighted by Crippen LogP contribution is -2.19. The topological polar surface area (TPSA) is 146 Å². The SMILES string of the molecule is CCCOc1ccc(C=NNC(=O)c2nnn(-c3nonc3N)c2-c2ccccc2)cc1. The van der Waals surface area contributed by atoms with Crippen LogP contribution in [-0.4, -0.2) is 44.0 Å². The number of hydrogen-bond acceptors (Lipinski definition) is 9. The normalized spacial score (nSPS) is 11.0. The highest BCUT2D eigenvalue weighted by molar-refractivity contribution is 5.98. The second-order valence-electron chi connectivity index (χ2n) is 6.65. The first-order valence-corrected chi connectivity index (χ1v) is 9.83. The summed E-state index contributed by atoms with van der Waals surface area (Å²) >= 11 is 0. The average Bonchev–Trinajstić information content (AvgIpc) is 3.45. The fourth-order valence-corrected chi connectivity index (χ4v) is 2.86. The average molecular weight is 432 g/mol. The molecule has 2 heterocycles. The highest BCUT2D eigenvalue weighted by Gasteiger charge is 2.24. The molecule has 11 heteroatoms. The van der Waals surface area contributed by atoms with Crippen LogP contribution in [0.1, 0.15) is 29.4 Å². The number of anilines is 1. The number of nitrogen functional groups attached to an aromatic ring is 1. The molecule has 162 valence electrons. The number of hydrazone groups is 1. The fraction of sp³-hybridized carbons (Fsp3) is 0.143. The number of carbonyl (C=O) groups excluding carboxylic acids is 1. The largest absolute Gasteiger partial charge is 0.494 e. The molecule has 2 aromatic heterocycles. The van der Waals surface area contributed by atoms with Crippen LogP contribution in [0.4, 0.5) is 5.82 Å². The van der Waals surface area contributed by atoms with Crippen LogP contribution in [0.15, 0.2) is 64.3 Å². The van der Waals surface area contributed by atoms with Crippen LogP contribution < -0.4 is 15.9 Å². The molecule has 0 aliphatic rings. The molecular formula is C21H20N8O3. The molecule has 4 aromatic rings. The van der Waals surface area contributed by atoms with Crippen molar-refractivity contribution < 1.29 is 14.2 Å². The number of nitrogens with zero attached hydrogens (tertiary/aromatic N) is 6. The third-order valence-corrected chi connectivity index (χ3v) is 4.36. The van der Waals surface area contributed by atoms with E-state index in [4.69, 9.17) is 10.5 Å². The molecule has 0 unspecified atom stereocenters. The van der Waals surface area contributed by atoms with Crippen LogP contribution in [0, 0.1) is 0 Å². The Morgan fingerprint density at radius 2 is 1.97 bits per heavy atom. The summed E-state index contributed by atoms with van der Waals surface area (Å²) in [6, 6.07) is 16.5. The number of rotatable bonds is 8. The van der Waals surface area contributed by atoms with E-state index >= 15 is 0 Å². The van der Waals surface area contributed by atoms with E-state index in [0.29, 0.717) is 17.9 Å². The minimum Gasteiger partial charge on any atom is -0.494 e. The van der Waals surface area contributed by atoms with Gasteiger partial charge >= 0.3 is 0 Å². The summed E-state index contributed by atoms with van der Waals surface area (Å²) in [6.45, 7) is 2.70. The van der Waals surface area contributed by atoms with Gasteiger partial charge in [-0.2, -0.15) is 9.78 Å². The molecule has 0 spiro atoms. The maximum Gasteiger partial charge on any atom is 0.294 e. The standard InChI is InChI=1S/C21H20N8O3/c1-2-12-31-16-10-8-14(9-11-16)13-23-25-21(30)17-18(15-6-4-3-5-7-15)29(28-24-17)20-19(22)26-32-27-20/h3-11,13H,2,12H2,1H3,(H2,22,26)(H,25,30). The molecule has 2 aromatic carbocycles. The zero-order chi connectivity index (χ0) is 22.3. The summed E-state index contributed by atoms with van der Waals surface area (Å²) < 4.78 is 11.5. The first-order chi connectivity index (χ1) is 15.7. The molecule has 0 radical (unpaired) electrons. The Labute approximate surface area is 182 Å². The summed E-state index contributed by atoms with van der Waals surface area (Å²) in [5.74, 6) is 0.371. The van der Waals surface area contributed by atoms with Crippen LogP contribution in [-0.2, 0) is 0 Å². The van der Waals surface area contributed by atoms with Crippen LogP contribution in [0.2, 0.25) is 0 Å². The lowest BCUT2D eigenvalue weighted by atomic mass is 10.1. The quantitative estimate of drug-likeness (QED) is 0.319. The molecule has 0 saturated heterocycles. The Morgan fingerprint density at radius 3 is 2.66 bits per heavy atom. The molecule has 0 aliphatic heterocycles. The number of nitrogens with one attached hydrogen (secondary N) is 1. The third kappa shape index (κ3) is 4.46. The maximum atomic E-state index is 12.8. The van der Waals surface area contributed by atoms with Gasteiger partial charge in [0.1, 0.15) is 11.4 Å². The smallest absolute Gasteiger partial charge is 0.294 e. The highest BCUT2D eigenvalue weighted by Crippen LogP contribution is 2.26. The fourth-order valence-electron chi connectivity index (χ4n) is 2.86. The van der Waals surface area contributed by atoms with Crippen molar-refractivity contribution >= 4 is 17.9 Å². The summed E-state index contributed by atoms with van der Waals surface area (Å²) in [6.07, 6.45) is 2.46. The highest BCUT2D eigenvalue weighted by atomic mass is 16.6. The van der Waals surface area contributed by atoms with Crippen molar-refractivity contribution in [1.82, 2.24) is 30.7 Å². The molecule has 0 fully saturated rings. The van der Waals surface area contributed by atoms with Crippen molar-refractivity contribution in [1.29, 1.82) is 0 Å². The molecule has 3 N–H and O–H groups in total. The Bertz CT molecular complexity index is 1220. The summed E-state index contributed by atoms with van der Waals surface area (Å²) in [4.78, 5) is 12.8. The lowest BCUT2D eigenvalue weighted by molar-refractivity contribution is 0.0950. The predicted octanol–water partition coefficient (Wildman–Crippen LogP) is 2.45. The van der Waals surface area contributed by atoms with Gasteiger partial charge < -0.3 is 10.5 Å². The third-order valence-electron chi connectivity index (χ3n) is 4.36. The van der Waals surface area contributed by atoms with Gasteiger partial charge in [0.2, 0.25) is 11.6 Å². The minimum absolute atomic E-state index is 0.0171. The molecule has 11 nitrogen and oxygen atoms in total. The molecular weight excluding hydrogens is 412 g/mol. The van der Waals surface area contributed by atoms with Gasteiger partial charge in [0.25, 0.3) is 5.91 Å². The Morgan fingerprint density at radius 1 is 1.19 bits per heavy atom. The van der Waals surface area contributed by atoms with Crippen LogP contribution in [0.25, 0.3) is 17.1 Å². The monoisotopic (exact) mass is 432 g/mol. The first kappa shape index (κ1) is 20.7. The van der Waals surface area contributed by atoms with E-state index in [1.54, 1.807) is 12.1 Å². The summed E-state index contributed by atoms with van der Waals surface area (Å²) in [5, 5.41) is 19.3. The minimum atomic E-state index is -0.552. The van der Waals surface area contributed by atoms with E-state index in [9.17, 15) is 4.79 Å². The van der Waals surface area contributed by atoms with Crippen LogP contribution in [0.3, 0.4) is 0 Å². The second-order valence-corrected chi connectivity index (χ2v) is 6.65. The number of nitrogens with two attached hydrogens (primary N) is 1. The molecule has 4 rings (SSSR count). The number of carbonyl (C=O) groups is 1. The van der Waals surface area contributed by atoms with Gasteiger partial charge in [0.15, 0.2) is 5.69 Å². The van der Waals surface area contributed by atoms with Gasteiger partial charge in [0.05, 0.1) is 12.8 Å². The van der Waals surface area contributed by atoms with Gasteiger partial charge in [-0.25, -0.2) is 10.1 Å². The first-order valence-electron chi connectivity index (χ1n) is 9.83. The molecule has 0 atom stereocenters. The van der Waals surface area contributed by atoms with Gasteiger partial charge in [-0.15, -0.1) is 5.10 Å². The van der Waals surface area contributed by atoms with Crippen molar-refractivity contribution in [2.45, 2.75) is 13.3 Å². The van der Waals surface area contributed by atoms with Crippen molar-refractivity contribution in [2.75, 3.05) is 12.3 Å². The van der Waals surface area contributed by atoms with Crippen molar-refractivity contribution in [3.63, 3.8) is 0 Å². The van der Waals surface area contributed by atoms with Crippen LogP contribution in [0.5, 0.6) is 5.75 Å². The Hall–Kier alpha value is -4.54. The van der Waals surface area contributed by atoms with Gasteiger partial charge in [-0.3, -0.25) is 4.79 Å². The zero-order valence-corrected chi connectivity index (χ0v) is 17.2. The number of hydrogen-bond donors (Lipinski definition) is 2. The molecule has 0 saturated carbocycles. The van der Waals surface area contributed by atoms with Gasteiger partial charge in [-0.05, 0) is 46.6 Å². The molecule has 1 amide bonds. The Balaban J connectivity index is 1.55. The van der Waals surface area contributed by atoms with Crippen molar-refractivity contribution in [3.8, 4) is 22.8 Å². The van der Waals surface area contributed by atoms with E-state index in [1.807, 2.05) is 49.4 Å². The van der Waals surface area contributed by atoms with E-state index < -0.39 is 5.91 Å². The molecule has 0 aliphatic carbocycles. The maximum absolute atomic E-state index is 12.8. The Kier molecular flexibility index (Phi) is 6.16. The molecule has 32 heavy (non-hydrogen) atoms. The number of amides is 1. The van der Waals surface area contributed by atoms with E-state index in [-0.39, 0.29) is 17.3 Å². The van der Waals surface area contributed by atoms with E-state index in [0.717, 1.165) is 17.7 Å². The second kappa shape index (κ2) is 9.51. The van der Waals surface area contributed by atoms with Crippen molar-refractivity contribution in [2.24, 2.45) is 5.10 Å². The molecule has 0 bridgehead atoms. The summed E-state index contributed by atoms with van der Waals surface area (Å²) in [7, 11) is 0. The number of aromatic nitrogens is 5. The number of ether oxygens (including phenoxy) is 1. The summed E-state index contributed by atoms with van der Waals surface area (Å²) in [5.41, 5.74) is 10.2. The number of benzene rings is 2. The lowest BCUT2D eigenvalue weighted by Gasteiger charge is -2.05. The zero-order valence-electron chi connectivity index (χ0n) is 17.2. The van der Waals surface area contributed by atoms with Gasteiger partial charge in [-0.1, -0.05) is 42.5 Å².